The Balaban J connectivity index is 1.70. The lowest BCUT2D eigenvalue weighted by Gasteiger charge is -2.21. The first-order chi connectivity index (χ1) is 13.2. The van der Waals surface area contributed by atoms with Crippen LogP contribution < -0.4 is 10.6 Å². The lowest BCUT2D eigenvalue weighted by molar-refractivity contribution is 0.0203. The molecule has 0 amide bonds. The number of rotatable bonds is 10. The zero-order valence-electron chi connectivity index (χ0n) is 17.1. The number of aliphatic imine (C=N–C) groups is 1. The minimum absolute atomic E-state index is 0.672. The molecule has 0 aromatic heterocycles. The number of nitrogens with one attached hydrogen (secondary N) is 2. The van der Waals surface area contributed by atoms with Crippen molar-refractivity contribution in [2.24, 2.45) is 10.9 Å². The third kappa shape index (κ3) is 8.54. The average Bonchev–Trinajstić information content (AvgIpc) is 2.70. The fraction of sp³-hybridized carbons (Fsp3) is 0.667. The highest BCUT2D eigenvalue weighted by molar-refractivity contribution is 7.98. The lowest BCUT2D eigenvalue weighted by Crippen LogP contribution is -2.38. The molecule has 0 unspecified atom stereocenters. The van der Waals surface area contributed by atoms with E-state index in [-0.39, 0.29) is 0 Å². The summed E-state index contributed by atoms with van der Waals surface area (Å²) in [4.78, 5) is 6.04. The molecular formula is C21H35N3O2S. The zero-order valence-corrected chi connectivity index (χ0v) is 17.9. The van der Waals surface area contributed by atoms with Crippen molar-refractivity contribution in [2.45, 2.75) is 44.6 Å². The Bertz CT molecular complexity index is 575. The predicted molar refractivity (Wildman–Crippen MR) is 115 cm³/mol. The number of thioether (sulfide) groups is 1. The van der Waals surface area contributed by atoms with Gasteiger partial charge in [-0.1, -0.05) is 12.1 Å². The summed E-state index contributed by atoms with van der Waals surface area (Å²) in [6.07, 6.45) is 5.36. The number of aryl methyl sites for hydroxylation is 1. The van der Waals surface area contributed by atoms with Gasteiger partial charge in [0.1, 0.15) is 0 Å². The molecule has 1 saturated heterocycles. The minimum atomic E-state index is 0.672. The van der Waals surface area contributed by atoms with E-state index in [2.05, 4.69) is 48.9 Å². The molecule has 1 aromatic rings. The van der Waals surface area contributed by atoms with Gasteiger partial charge in [0.25, 0.3) is 0 Å². The summed E-state index contributed by atoms with van der Waals surface area (Å²) in [5.41, 5.74) is 2.56. The van der Waals surface area contributed by atoms with Gasteiger partial charge < -0.3 is 20.1 Å². The van der Waals surface area contributed by atoms with Crippen LogP contribution in [0, 0.1) is 12.8 Å². The largest absolute Gasteiger partial charge is 0.381 e. The van der Waals surface area contributed by atoms with Crippen molar-refractivity contribution in [1.82, 2.24) is 10.6 Å². The number of benzene rings is 1. The van der Waals surface area contributed by atoms with Crippen LogP contribution in [0.2, 0.25) is 0 Å². The SMILES string of the molecule is CCNC(=NCc1ccc(C)cc1SC)NCCCOCC1CCOCC1. The Morgan fingerprint density at radius 3 is 2.85 bits per heavy atom. The van der Waals surface area contributed by atoms with Crippen molar-refractivity contribution < 1.29 is 9.47 Å². The van der Waals surface area contributed by atoms with E-state index >= 15 is 0 Å². The summed E-state index contributed by atoms with van der Waals surface area (Å²) in [7, 11) is 0. The molecule has 0 radical (unpaired) electrons. The van der Waals surface area contributed by atoms with Gasteiger partial charge in [-0.3, -0.25) is 0 Å². The van der Waals surface area contributed by atoms with Crippen LogP contribution in [0.1, 0.15) is 37.3 Å². The van der Waals surface area contributed by atoms with E-state index in [4.69, 9.17) is 14.5 Å². The van der Waals surface area contributed by atoms with Gasteiger partial charge in [-0.05, 0) is 62.5 Å². The molecule has 1 aliphatic rings. The number of nitrogens with zero attached hydrogens (tertiary/aromatic N) is 1. The van der Waals surface area contributed by atoms with E-state index in [0.717, 1.165) is 64.7 Å². The molecule has 6 heteroatoms. The Hall–Kier alpha value is -1.24. The molecule has 152 valence electrons. The van der Waals surface area contributed by atoms with Gasteiger partial charge in [-0.25, -0.2) is 4.99 Å². The standard InChI is InChI=1S/C21H35N3O2S/c1-4-22-21(24-15-19-7-6-17(2)14-20(19)27-3)23-10-5-11-26-16-18-8-12-25-13-9-18/h6-7,14,18H,4-5,8-13,15-16H2,1-3H3,(H2,22,23,24). The molecule has 1 heterocycles. The summed E-state index contributed by atoms with van der Waals surface area (Å²) >= 11 is 1.78. The van der Waals surface area contributed by atoms with Crippen LogP contribution in [0.3, 0.4) is 0 Å². The normalized spacial score (nSPS) is 15.7. The van der Waals surface area contributed by atoms with Crippen LogP contribution in [0.25, 0.3) is 0 Å². The molecule has 0 spiro atoms. The molecule has 0 atom stereocenters. The Morgan fingerprint density at radius 1 is 1.30 bits per heavy atom. The van der Waals surface area contributed by atoms with Crippen molar-refractivity contribution in [1.29, 1.82) is 0 Å². The molecule has 1 fully saturated rings. The smallest absolute Gasteiger partial charge is 0.191 e. The molecule has 27 heavy (non-hydrogen) atoms. The second-order valence-corrected chi connectivity index (χ2v) is 7.77. The summed E-state index contributed by atoms with van der Waals surface area (Å²) < 4.78 is 11.2. The van der Waals surface area contributed by atoms with E-state index in [1.54, 1.807) is 11.8 Å². The van der Waals surface area contributed by atoms with Gasteiger partial charge in [0.2, 0.25) is 0 Å². The van der Waals surface area contributed by atoms with Crippen molar-refractivity contribution in [2.75, 3.05) is 45.8 Å². The molecular weight excluding hydrogens is 358 g/mol. The molecule has 5 nitrogen and oxygen atoms in total. The van der Waals surface area contributed by atoms with Crippen LogP contribution >= 0.6 is 11.8 Å². The molecule has 2 N–H and O–H groups in total. The van der Waals surface area contributed by atoms with Crippen LogP contribution in [0.5, 0.6) is 0 Å². The summed E-state index contributed by atoms with van der Waals surface area (Å²) in [5, 5.41) is 6.73. The number of hydrogen-bond donors (Lipinski definition) is 2. The van der Waals surface area contributed by atoms with Crippen molar-refractivity contribution in [3.63, 3.8) is 0 Å². The highest BCUT2D eigenvalue weighted by atomic mass is 32.2. The molecule has 1 aliphatic heterocycles. The Labute approximate surface area is 168 Å². The fourth-order valence-electron chi connectivity index (χ4n) is 3.03. The maximum atomic E-state index is 5.83. The van der Waals surface area contributed by atoms with Crippen molar-refractivity contribution >= 4 is 17.7 Å². The minimum Gasteiger partial charge on any atom is -0.381 e. The van der Waals surface area contributed by atoms with E-state index in [1.165, 1.54) is 16.0 Å². The van der Waals surface area contributed by atoms with Gasteiger partial charge in [-0.2, -0.15) is 0 Å². The quantitative estimate of drug-likeness (QED) is 0.275. The number of ether oxygens (including phenoxy) is 2. The van der Waals surface area contributed by atoms with E-state index in [1.807, 2.05) is 0 Å². The van der Waals surface area contributed by atoms with Gasteiger partial charge in [-0.15, -0.1) is 11.8 Å². The third-order valence-electron chi connectivity index (χ3n) is 4.65. The zero-order chi connectivity index (χ0) is 19.3. The first kappa shape index (κ1) is 22.1. The monoisotopic (exact) mass is 393 g/mol. The number of hydrogen-bond acceptors (Lipinski definition) is 4. The van der Waals surface area contributed by atoms with Gasteiger partial charge in [0.15, 0.2) is 5.96 Å². The second-order valence-electron chi connectivity index (χ2n) is 6.92. The fourth-order valence-corrected chi connectivity index (χ4v) is 3.73. The molecule has 0 bridgehead atoms. The summed E-state index contributed by atoms with van der Waals surface area (Å²) in [5.74, 6) is 1.54. The van der Waals surface area contributed by atoms with E-state index in [9.17, 15) is 0 Å². The molecule has 1 aromatic carbocycles. The summed E-state index contributed by atoms with van der Waals surface area (Å²) in [6.45, 7) is 10.1. The Kier molecular flexibility index (Phi) is 10.6. The van der Waals surface area contributed by atoms with Gasteiger partial charge in [0, 0.05) is 44.4 Å². The lowest BCUT2D eigenvalue weighted by atomic mass is 10.0. The predicted octanol–water partition coefficient (Wildman–Crippen LogP) is 3.61. The van der Waals surface area contributed by atoms with Crippen molar-refractivity contribution in [3.8, 4) is 0 Å². The first-order valence-electron chi connectivity index (χ1n) is 10.0. The molecule has 2 rings (SSSR count). The molecule has 0 saturated carbocycles. The second kappa shape index (κ2) is 13.0. The van der Waals surface area contributed by atoms with E-state index < -0.39 is 0 Å². The third-order valence-corrected chi connectivity index (χ3v) is 5.47. The van der Waals surface area contributed by atoms with Crippen LogP contribution in [0.4, 0.5) is 0 Å². The highest BCUT2D eigenvalue weighted by Gasteiger charge is 2.13. The Morgan fingerprint density at radius 2 is 2.11 bits per heavy atom. The maximum Gasteiger partial charge on any atom is 0.191 e. The van der Waals surface area contributed by atoms with Gasteiger partial charge >= 0.3 is 0 Å². The van der Waals surface area contributed by atoms with Crippen molar-refractivity contribution in [3.05, 3.63) is 29.3 Å². The van der Waals surface area contributed by atoms with Crippen LogP contribution in [0.15, 0.2) is 28.1 Å². The molecule has 0 aliphatic carbocycles. The average molecular weight is 394 g/mol. The van der Waals surface area contributed by atoms with E-state index in [0.29, 0.717) is 12.5 Å². The topological polar surface area (TPSA) is 54.9 Å². The summed E-state index contributed by atoms with van der Waals surface area (Å²) in [6, 6.07) is 6.56. The number of guanidine groups is 1. The first-order valence-corrected chi connectivity index (χ1v) is 11.3. The van der Waals surface area contributed by atoms with Crippen LogP contribution in [-0.2, 0) is 16.0 Å². The maximum absolute atomic E-state index is 5.83. The van der Waals surface area contributed by atoms with Gasteiger partial charge in [0.05, 0.1) is 6.54 Å². The highest BCUT2D eigenvalue weighted by Crippen LogP contribution is 2.22. The van der Waals surface area contributed by atoms with Crippen LogP contribution in [-0.4, -0.2) is 51.7 Å².